The molecule has 4 heterocycles. The number of hydrazine groups is 1. The van der Waals surface area contributed by atoms with E-state index in [1.807, 2.05) is 10.2 Å². The smallest absolute Gasteiger partial charge is 0.371 e. The molecule has 3 atom stereocenters. The third kappa shape index (κ3) is 6.59. The van der Waals surface area contributed by atoms with Gasteiger partial charge in [-0.25, -0.2) is 5.01 Å². The molecule has 258 valence electrons. The number of hydrogen-bond acceptors (Lipinski definition) is 9. The average molecular weight is 688 g/mol. The molecule has 2 aromatic rings. The molecule has 0 radical (unpaired) electrons. The largest absolute Gasteiger partial charge is 0.416 e. The number of nitrogens with one attached hydrogen (secondary N) is 2. The fraction of sp³-hybridized carbons (Fsp3) is 0.371. The van der Waals surface area contributed by atoms with Gasteiger partial charge in [0.25, 0.3) is 11.8 Å². The average Bonchev–Trinajstić information content (AvgIpc) is 3.58. The maximum atomic E-state index is 14.4. The predicted molar refractivity (Wildman–Crippen MR) is 171 cm³/mol. The summed E-state index contributed by atoms with van der Waals surface area (Å²) < 4.78 is 43.1. The highest BCUT2D eigenvalue weighted by Gasteiger charge is 2.48. The van der Waals surface area contributed by atoms with E-state index in [0.717, 1.165) is 11.1 Å². The number of halogens is 3. The van der Waals surface area contributed by atoms with Gasteiger partial charge in [-0.15, -0.1) is 0 Å². The molecule has 0 saturated carbocycles. The van der Waals surface area contributed by atoms with Crippen LogP contribution in [0, 0.1) is 35.3 Å². The highest BCUT2D eigenvalue weighted by atomic mass is 19.4. The molecule has 0 bridgehead atoms. The standard InChI is InChI=1S/C35H32F3N7O5/c1-21(31(47)40-20-39)18-43-19-27(35(36,37)38)30(23-5-3-2-4-6-23)44(43)16-13-22-11-14-42(15-12-22)24-7-8-25-26(17-24)34(50)45(33(25)49)28-9-10-29(46)41-32(28)48/h2-8,17,19,21-22,28,30H,9-12,14-15,18H2,1H3,(H,40,47)(H,41,46,48). The maximum Gasteiger partial charge on any atom is 0.416 e. The fourth-order valence-corrected chi connectivity index (χ4v) is 6.66. The van der Waals surface area contributed by atoms with Crippen LogP contribution in [0.3, 0.4) is 0 Å². The van der Waals surface area contributed by atoms with E-state index in [9.17, 15) is 37.1 Å². The number of carbonyl (C=O) groups excluding carboxylic acids is 5. The van der Waals surface area contributed by atoms with Crippen molar-refractivity contribution in [1.82, 2.24) is 25.6 Å². The molecule has 50 heavy (non-hydrogen) atoms. The normalized spacial score (nSPS) is 21.6. The van der Waals surface area contributed by atoms with Crippen molar-refractivity contribution in [1.29, 1.82) is 5.26 Å². The second-order valence-corrected chi connectivity index (χ2v) is 12.6. The van der Waals surface area contributed by atoms with E-state index < -0.39 is 59.3 Å². The van der Waals surface area contributed by atoms with Crippen LogP contribution in [0.1, 0.15) is 64.9 Å². The highest BCUT2D eigenvalue weighted by molar-refractivity contribution is 6.23. The van der Waals surface area contributed by atoms with Gasteiger partial charge in [0.05, 0.1) is 29.2 Å². The minimum Gasteiger partial charge on any atom is -0.371 e. The Balaban J connectivity index is 1.18. The molecule has 0 aromatic heterocycles. The van der Waals surface area contributed by atoms with Gasteiger partial charge in [0.1, 0.15) is 12.1 Å². The second kappa shape index (κ2) is 13.6. The SMILES string of the molecule is CC(CN1C=C(C(F)(F)F)C(c2ccccc2)N1C#CC1CCN(c2ccc3c(c2)C(=O)N(C2CCC(=O)NC2=O)C3=O)CC1)C(=O)NC#N. The molecular weight excluding hydrogens is 655 g/mol. The van der Waals surface area contributed by atoms with E-state index in [0.29, 0.717) is 37.2 Å². The molecule has 2 fully saturated rings. The number of alkyl halides is 3. The number of nitrogens with zero attached hydrogens (tertiary/aromatic N) is 5. The second-order valence-electron chi connectivity index (χ2n) is 12.6. The zero-order valence-electron chi connectivity index (χ0n) is 26.9. The Labute approximate surface area is 285 Å². The first-order valence-corrected chi connectivity index (χ1v) is 16.1. The first-order valence-electron chi connectivity index (χ1n) is 16.1. The van der Waals surface area contributed by atoms with Gasteiger partial charge in [-0.05, 0) is 43.0 Å². The number of fused-ring (bicyclic) bond motifs is 1. The van der Waals surface area contributed by atoms with Gasteiger partial charge in [0.2, 0.25) is 17.7 Å². The summed E-state index contributed by atoms with van der Waals surface area (Å²) in [7, 11) is 0. The number of amides is 5. The minimum absolute atomic E-state index is 0.0220. The van der Waals surface area contributed by atoms with Crippen molar-refractivity contribution in [2.45, 2.75) is 50.9 Å². The van der Waals surface area contributed by atoms with E-state index in [1.165, 1.54) is 16.9 Å². The zero-order valence-corrected chi connectivity index (χ0v) is 26.9. The minimum atomic E-state index is -4.68. The Bertz CT molecular complexity index is 1870. The maximum absolute atomic E-state index is 14.4. The van der Waals surface area contributed by atoms with Crippen LogP contribution >= 0.6 is 0 Å². The molecule has 2 N–H and O–H groups in total. The summed E-state index contributed by atoms with van der Waals surface area (Å²) in [4.78, 5) is 65.6. The summed E-state index contributed by atoms with van der Waals surface area (Å²) in [5.41, 5.74) is 0.587. The van der Waals surface area contributed by atoms with Gasteiger partial charge in [-0.2, -0.15) is 18.4 Å². The van der Waals surface area contributed by atoms with E-state index in [-0.39, 0.29) is 36.4 Å². The third-order valence-corrected chi connectivity index (χ3v) is 9.30. The number of imide groups is 2. The van der Waals surface area contributed by atoms with Crippen LogP contribution in [-0.2, 0) is 14.4 Å². The van der Waals surface area contributed by atoms with Crippen molar-refractivity contribution in [3.8, 4) is 18.2 Å². The van der Waals surface area contributed by atoms with Gasteiger partial charge in [0, 0.05) is 43.4 Å². The molecular formula is C35H32F3N7O5. The van der Waals surface area contributed by atoms with Crippen LogP contribution in [0.15, 0.2) is 60.3 Å². The van der Waals surface area contributed by atoms with Crippen LogP contribution in [0.2, 0.25) is 0 Å². The van der Waals surface area contributed by atoms with Crippen molar-refractivity contribution in [3.63, 3.8) is 0 Å². The third-order valence-electron chi connectivity index (χ3n) is 9.30. The van der Waals surface area contributed by atoms with Crippen molar-refractivity contribution in [2.75, 3.05) is 24.5 Å². The topological polar surface area (TPSA) is 146 Å². The Morgan fingerprint density at radius 2 is 1.72 bits per heavy atom. The Morgan fingerprint density at radius 3 is 2.38 bits per heavy atom. The predicted octanol–water partition coefficient (Wildman–Crippen LogP) is 3.22. The van der Waals surface area contributed by atoms with Gasteiger partial charge in [-0.3, -0.25) is 44.5 Å². The Morgan fingerprint density at radius 1 is 1.02 bits per heavy atom. The summed E-state index contributed by atoms with van der Waals surface area (Å²) in [6.45, 7) is 2.39. The van der Waals surface area contributed by atoms with Crippen LogP contribution in [-0.4, -0.2) is 76.3 Å². The fourth-order valence-electron chi connectivity index (χ4n) is 6.66. The van der Waals surface area contributed by atoms with Crippen molar-refractivity contribution >= 4 is 35.2 Å². The molecule has 2 aromatic carbocycles. The Hall–Kier alpha value is -5.83. The summed E-state index contributed by atoms with van der Waals surface area (Å²) in [5, 5.41) is 15.6. The lowest BCUT2D eigenvalue weighted by Crippen LogP contribution is -2.54. The number of nitriles is 1. The molecule has 6 rings (SSSR count). The first kappa shape index (κ1) is 34.0. The monoisotopic (exact) mass is 687 g/mol. The summed E-state index contributed by atoms with van der Waals surface area (Å²) in [6.07, 6.45) is -0.966. The van der Waals surface area contributed by atoms with Gasteiger partial charge in [0.15, 0.2) is 6.19 Å². The molecule has 3 unspecified atom stereocenters. The first-order chi connectivity index (χ1) is 23.9. The molecule has 4 aliphatic rings. The lowest BCUT2D eigenvalue weighted by molar-refractivity contribution is -0.136. The number of anilines is 1. The van der Waals surface area contributed by atoms with Crippen LogP contribution in [0.25, 0.3) is 0 Å². The number of benzene rings is 2. The molecule has 12 nitrogen and oxygen atoms in total. The molecule has 0 aliphatic carbocycles. The molecule has 5 amide bonds. The molecule has 15 heteroatoms. The Kier molecular flexibility index (Phi) is 9.25. The lowest BCUT2D eigenvalue weighted by Gasteiger charge is -2.34. The van der Waals surface area contributed by atoms with E-state index >= 15 is 0 Å². The van der Waals surface area contributed by atoms with Crippen LogP contribution in [0.4, 0.5) is 18.9 Å². The number of hydrogen-bond donors (Lipinski definition) is 2. The number of piperidine rings is 2. The van der Waals surface area contributed by atoms with E-state index in [2.05, 4.69) is 17.3 Å². The van der Waals surface area contributed by atoms with Crippen LogP contribution < -0.4 is 15.5 Å². The quantitative estimate of drug-likeness (QED) is 0.202. The van der Waals surface area contributed by atoms with Crippen molar-refractivity contribution in [3.05, 3.63) is 77.0 Å². The van der Waals surface area contributed by atoms with Gasteiger partial charge < -0.3 is 4.90 Å². The number of carbonyl (C=O) groups is 5. The van der Waals surface area contributed by atoms with Crippen molar-refractivity contribution in [2.24, 2.45) is 11.8 Å². The van der Waals surface area contributed by atoms with E-state index in [4.69, 9.17) is 5.26 Å². The van der Waals surface area contributed by atoms with Crippen LogP contribution in [0.5, 0.6) is 0 Å². The summed E-state index contributed by atoms with van der Waals surface area (Å²) >= 11 is 0. The lowest BCUT2D eigenvalue weighted by atomic mass is 9.96. The highest BCUT2D eigenvalue weighted by Crippen LogP contribution is 2.44. The summed E-state index contributed by atoms with van der Waals surface area (Å²) in [6, 6.07) is 13.7. The molecule has 4 aliphatic heterocycles. The summed E-state index contributed by atoms with van der Waals surface area (Å²) in [5.74, 6) is -0.805. The molecule has 0 spiro atoms. The van der Waals surface area contributed by atoms with Gasteiger partial charge in [-0.1, -0.05) is 43.2 Å². The number of rotatable bonds is 6. The van der Waals surface area contributed by atoms with Gasteiger partial charge >= 0.3 is 6.18 Å². The molecule has 2 saturated heterocycles. The zero-order chi connectivity index (χ0) is 35.7. The van der Waals surface area contributed by atoms with E-state index in [1.54, 1.807) is 54.7 Å². The van der Waals surface area contributed by atoms with Crippen molar-refractivity contribution < 1.29 is 37.1 Å².